The summed E-state index contributed by atoms with van der Waals surface area (Å²) in [6.07, 6.45) is 0.609. The average molecular weight is 673 g/mol. The summed E-state index contributed by atoms with van der Waals surface area (Å²) in [5.74, 6) is -3.91. The fourth-order valence-electron chi connectivity index (χ4n) is 4.47. The Bertz CT molecular complexity index is 1360. The predicted octanol–water partition coefficient (Wildman–Crippen LogP) is -0.728. The molecule has 0 saturated carbocycles. The molecule has 5 atom stereocenters. The summed E-state index contributed by atoms with van der Waals surface area (Å²) in [5, 5.41) is 20.5. The molecule has 16 heteroatoms. The van der Waals surface area contributed by atoms with Crippen molar-refractivity contribution in [1.82, 2.24) is 21.3 Å². The molecule has 0 unspecified atom stereocenters. The molecule has 1 saturated heterocycles. The molecule has 2 aromatic carbocycles. The number of guanidine groups is 1. The minimum absolute atomic E-state index is 0.0316. The largest absolute Gasteiger partial charge is 0.480 e. The summed E-state index contributed by atoms with van der Waals surface area (Å²) in [5.41, 5.74) is 18.4. The first kappa shape index (κ1) is 36.2. The van der Waals surface area contributed by atoms with Crippen LogP contribution in [-0.2, 0) is 36.8 Å². The first-order valence-electron chi connectivity index (χ1n) is 14.6. The van der Waals surface area contributed by atoms with Crippen LogP contribution in [0.3, 0.4) is 0 Å². The van der Waals surface area contributed by atoms with E-state index in [9.17, 15) is 29.1 Å². The lowest BCUT2D eigenvalue weighted by Gasteiger charge is -2.26. The molecule has 248 valence electrons. The van der Waals surface area contributed by atoms with Crippen molar-refractivity contribution in [3.63, 3.8) is 0 Å². The highest BCUT2D eigenvalue weighted by Crippen LogP contribution is 2.23. The maximum atomic E-state index is 13.8. The Morgan fingerprint density at radius 2 is 1.22 bits per heavy atom. The molecule has 0 bridgehead atoms. The van der Waals surface area contributed by atoms with Gasteiger partial charge in [-0.05, 0) is 24.0 Å². The van der Waals surface area contributed by atoms with Crippen molar-refractivity contribution in [2.24, 2.45) is 22.2 Å². The van der Waals surface area contributed by atoms with Gasteiger partial charge in [0.25, 0.3) is 0 Å². The number of benzene rings is 2. The molecule has 3 rings (SSSR count). The maximum absolute atomic E-state index is 13.8. The third-order valence-corrected chi connectivity index (χ3v) is 9.37. The van der Waals surface area contributed by atoms with Crippen molar-refractivity contribution in [1.29, 1.82) is 0 Å². The van der Waals surface area contributed by atoms with Gasteiger partial charge in [-0.3, -0.25) is 24.2 Å². The molecular weight excluding hydrogens is 633 g/mol. The number of aliphatic carboxylic acids is 1. The molecule has 2 aromatic rings. The normalized spacial score (nSPS) is 23.5. The molecule has 4 amide bonds. The monoisotopic (exact) mass is 672 g/mol. The highest BCUT2D eigenvalue weighted by atomic mass is 33.1. The van der Waals surface area contributed by atoms with Gasteiger partial charge in [0, 0.05) is 30.9 Å². The number of carbonyl (C=O) groups excluding carboxylic acids is 4. The van der Waals surface area contributed by atoms with Crippen LogP contribution < -0.4 is 38.5 Å². The second-order valence-corrected chi connectivity index (χ2v) is 13.1. The van der Waals surface area contributed by atoms with Crippen LogP contribution in [0.15, 0.2) is 65.7 Å². The van der Waals surface area contributed by atoms with Crippen LogP contribution in [0.5, 0.6) is 0 Å². The van der Waals surface area contributed by atoms with Crippen molar-refractivity contribution in [2.75, 3.05) is 18.1 Å². The third-order valence-electron chi connectivity index (χ3n) is 6.93. The molecule has 1 heterocycles. The number of carboxylic acid groups (broad SMARTS) is 1. The Hall–Kier alpha value is -4.28. The van der Waals surface area contributed by atoms with Gasteiger partial charge in [0.1, 0.15) is 24.2 Å². The summed E-state index contributed by atoms with van der Waals surface area (Å²) in [7, 11) is 2.28. The van der Waals surface area contributed by atoms with E-state index in [1.165, 1.54) is 0 Å². The van der Waals surface area contributed by atoms with Gasteiger partial charge in [-0.1, -0.05) is 82.3 Å². The summed E-state index contributed by atoms with van der Waals surface area (Å²) >= 11 is 0. The lowest BCUT2D eigenvalue weighted by atomic mass is 10.0. The summed E-state index contributed by atoms with van der Waals surface area (Å²) in [6, 6.07) is 12.2. The average Bonchev–Trinajstić information content (AvgIpc) is 3.03. The standard InChI is InChI=1S/C30H40N8O6S2/c31-20-16-45-46-17-24(29(43)44)38-28(42)23(15-19-10-5-2-6-11-19)37-27(41)22(14-18-8-3-1-4-9-18)36-26(40)21(35-25(20)39)12-7-13-34-30(32)33/h1-6,8-11,20-24H,7,12-17,31H2,(H,35,39)(H,36,40)(H,37,41)(H,38,42)(H,43,44)(H4,32,33,34)/t20-,21-,22-,23-,24-/m0/s1. The Balaban J connectivity index is 1.97. The van der Waals surface area contributed by atoms with Crippen molar-refractivity contribution >= 4 is 57.1 Å². The number of nitrogens with two attached hydrogens (primary N) is 3. The Morgan fingerprint density at radius 1 is 0.739 bits per heavy atom. The predicted molar refractivity (Wildman–Crippen MR) is 178 cm³/mol. The molecule has 1 aliphatic heterocycles. The van der Waals surface area contributed by atoms with Crippen molar-refractivity contribution in [3.8, 4) is 0 Å². The van der Waals surface area contributed by atoms with Crippen LogP contribution in [-0.4, -0.2) is 88.9 Å². The third kappa shape index (κ3) is 12.3. The lowest BCUT2D eigenvalue weighted by Crippen LogP contribution is -2.59. The van der Waals surface area contributed by atoms with Crippen molar-refractivity contribution < 1.29 is 29.1 Å². The number of carboxylic acids is 1. The van der Waals surface area contributed by atoms with Gasteiger partial charge in [-0.15, -0.1) is 0 Å². The fourth-order valence-corrected chi connectivity index (χ4v) is 6.75. The zero-order valence-corrected chi connectivity index (χ0v) is 26.7. The van der Waals surface area contributed by atoms with Crippen LogP contribution in [0.25, 0.3) is 0 Å². The zero-order valence-electron chi connectivity index (χ0n) is 25.1. The van der Waals surface area contributed by atoms with Crippen LogP contribution in [0.4, 0.5) is 0 Å². The first-order chi connectivity index (χ1) is 22.0. The molecule has 11 N–H and O–H groups in total. The SMILES string of the molecule is NC(N)=NCCC[C@@H]1NC(=O)[C@@H](N)CSSC[C@@H](C(=O)O)NC(=O)[C@H](Cc2ccccc2)NC(=O)[C@H](Cc2ccccc2)NC1=O. The molecule has 46 heavy (non-hydrogen) atoms. The van der Waals surface area contributed by atoms with E-state index in [-0.39, 0.29) is 43.3 Å². The minimum Gasteiger partial charge on any atom is -0.480 e. The second-order valence-electron chi connectivity index (χ2n) is 10.6. The van der Waals surface area contributed by atoms with Gasteiger partial charge >= 0.3 is 5.97 Å². The van der Waals surface area contributed by atoms with Gasteiger partial charge in [0.05, 0.1) is 6.04 Å². The Morgan fingerprint density at radius 3 is 1.74 bits per heavy atom. The molecule has 1 fully saturated rings. The van der Waals surface area contributed by atoms with E-state index in [1.54, 1.807) is 48.5 Å². The van der Waals surface area contributed by atoms with Gasteiger partial charge in [0.2, 0.25) is 23.6 Å². The van der Waals surface area contributed by atoms with E-state index >= 15 is 0 Å². The summed E-state index contributed by atoms with van der Waals surface area (Å²) in [4.78, 5) is 69.9. The number of hydrogen-bond acceptors (Lipinski definition) is 9. The van der Waals surface area contributed by atoms with E-state index in [0.29, 0.717) is 6.42 Å². The van der Waals surface area contributed by atoms with E-state index in [1.807, 2.05) is 12.1 Å². The van der Waals surface area contributed by atoms with E-state index in [2.05, 4.69) is 26.3 Å². The Labute approximate surface area is 274 Å². The highest BCUT2D eigenvalue weighted by molar-refractivity contribution is 8.76. The lowest BCUT2D eigenvalue weighted by molar-refractivity contribution is -0.141. The fraction of sp³-hybridized carbons (Fsp3) is 0.400. The summed E-state index contributed by atoms with van der Waals surface area (Å²) in [6.45, 7) is 0.204. The molecule has 14 nitrogen and oxygen atoms in total. The van der Waals surface area contributed by atoms with Crippen LogP contribution in [0.2, 0.25) is 0 Å². The maximum Gasteiger partial charge on any atom is 0.327 e. The quantitative estimate of drug-likeness (QED) is 0.0714. The van der Waals surface area contributed by atoms with E-state index in [0.717, 1.165) is 32.7 Å². The first-order valence-corrected chi connectivity index (χ1v) is 17.1. The topological polar surface area (TPSA) is 244 Å². The second kappa shape index (κ2) is 18.6. The molecule has 0 aliphatic carbocycles. The van der Waals surface area contributed by atoms with Gasteiger partial charge in [0.15, 0.2) is 5.96 Å². The van der Waals surface area contributed by atoms with Crippen LogP contribution in [0, 0.1) is 0 Å². The molecule has 0 spiro atoms. The minimum atomic E-state index is -1.28. The molecule has 0 radical (unpaired) electrons. The smallest absolute Gasteiger partial charge is 0.327 e. The highest BCUT2D eigenvalue weighted by Gasteiger charge is 2.32. The number of carbonyl (C=O) groups is 5. The number of nitrogens with one attached hydrogen (secondary N) is 4. The summed E-state index contributed by atoms with van der Waals surface area (Å²) < 4.78 is 0. The van der Waals surface area contributed by atoms with Gasteiger partial charge in [-0.25, -0.2) is 4.79 Å². The number of hydrogen-bond donors (Lipinski definition) is 8. The van der Waals surface area contributed by atoms with Crippen molar-refractivity contribution in [2.45, 2.75) is 55.9 Å². The molecule has 0 aromatic heterocycles. The number of nitrogens with zero attached hydrogens (tertiary/aromatic N) is 1. The van der Waals surface area contributed by atoms with Gasteiger partial charge < -0.3 is 43.6 Å². The van der Waals surface area contributed by atoms with Crippen LogP contribution >= 0.6 is 21.6 Å². The van der Waals surface area contributed by atoms with E-state index in [4.69, 9.17) is 17.2 Å². The number of aliphatic imine (C=N–C) groups is 1. The van der Waals surface area contributed by atoms with Crippen LogP contribution in [0.1, 0.15) is 24.0 Å². The zero-order chi connectivity index (χ0) is 33.5. The Kier molecular flexibility index (Phi) is 14.7. The molecular formula is C30H40N8O6S2. The number of amides is 4. The van der Waals surface area contributed by atoms with Gasteiger partial charge in [-0.2, -0.15) is 0 Å². The van der Waals surface area contributed by atoms with E-state index < -0.39 is 59.8 Å². The number of rotatable bonds is 9. The molecule has 1 aliphatic rings. The van der Waals surface area contributed by atoms with Crippen molar-refractivity contribution in [3.05, 3.63) is 71.8 Å².